The van der Waals surface area contributed by atoms with Crippen LogP contribution in [0.2, 0.25) is 0 Å². The Labute approximate surface area is 182 Å². The van der Waals surface area contributed by atoms with Crippen molar-refractivity contribution in [2.24, 2.45) is 5.92 Å². The smallest absolute Gasteiger partial charge is 0.224 e. The van der Waals surface area contributed by atoms with Crippen molar-refractivity contribution in [2.45, 2.75) is 49.9 Å². The van der Waals surface area contributed by atoms with Crippen molar-refractivity contribution >= 4 is 11.6 Å². The number of benzene rings is 2. The van der Waals surface area contributed by atoms with E-state index in [0.29, 0.717) is 25.9 Å². The summed E-state index contributed by atoms with van der Waals surface area (Å²) in [4.78, 5) is 13.9. The molecule has 164 valence electrons. The molecule has 3 aliphatic rings. The molecule has 3 N–H and O–H groups in total. The first-order valence-corrected chi connectivity index (χ1v) is 11.3. The number of carbonyl (C=O) groups is 1. The van der Waals surface area contributed by atoms with Crippen LogP contribution in [0.4, 0.5) is 5.69 Å². The second-order valence-corrected chi connectivity index (χ2v) is 9.32. The van der Waals surface area contributed by atoms with Gasteiger partial charge in [0.05, 0.1) is 11.7 Å². The molecule has 2 fully saturated rings. The SMILES string of the molecule is O=C1CCCc2cc(C(O)CN3C[C@H]4C[C@H](Oc5ccccc5)C[C@@]4(O)C3)ccc2N1. The molecule has 31 heavy (non-hydrogen) atoms. The number of carbonyl (C=O) groups excluding carboxylic acids is 1. The maximum Gasteiger partial charge on any atom is 0.224 e. The zero-order chi connectivity index (χ0) is 21.4. The number of aliphatic hydroxyl groups is 2. The first kappa shape index (κ1) is 20.5. The number of fused-ring (bicyclic) bond motifs is 2. The van der Waals surface area contributed by atoms with Crippen LogP contribution in [-0.4, -0.2) is 52.4 Å². The number of hydrogen-bond donors (Lipinski definition) is 3. The Morgan fingerprint density at radius 1 is 1.19 bits per heavy atom. The summed E-state index contributed by atoms with van der Waals surface area (Å²) in [5, 5.41) is 25.0. The maximum absolute atomic E-state index is 11.7. The van der Waals surface area contributed by atoms with Gasteiger partial charge >= 0.3 is 0 Å². The Bertz CT molecular complexity index is 950. The van der Waals surface area contributed by atoms with Gasteiger partial charge in [0.1, 0.15) is 11.9 Å². The summed E-state index contributed by atoms with van der Waals surface area (Å²) in [6.45, 7) is 1.82. The number of aryl methyl sites for hydroxylation is 1. The standard InChI is InChI=1S/C25H30N2O4/c28-23(18-9-10-22-17(11-18)5-4-8-24(29)26-22)15-27-14-19-12-21(13-25(19,30)16-27)31-20-6-2-1-3-7-20/h1-3,6-7,9-11,19,21,23,28,30H,4-5,8,12-16H2,(H,26,29)/t19-,21+,23?,25-/m1/s1. The number of amides is 1. The van der Waals surface area contributed by atoms with Gasteiger partial charge in [-0.2, -0.15) is 0 Å². The predicted molar refractivity (Wildman–Crippen MR) is 118 cm³/mol. The van der Waals surface area contributed by atoms with Gasteiger partial charge in [0, 0.05) is 44.1 Å². The topological polar surface area (TPSA) is 82.0 Å². The van der Waals surface area contributed by atoms with E-state index in [2.05, 4.69) is 10.2 Å². The minimum absolute atomic E-state index is 0.0317. The molecule has 4 atom stereocenters. The number of β-amino-alcohol motifs (C(OH)–C–C–N with tert-alkyl or cyclic N) is 2. The summed E-state index contributed by atoms with van der Waals surface area (Å²) in [6.07, 6.45) is 3.06. The third kappa shape index (κ3) is 4.33. The van der Waals surface area contributed by atoms with E-state index in [1.54, 1.807) is 0 Å². The highest BCUT2D eigenvalue weighted by Gasteiger charge is 2.52. The summed E-state index contributed by atoms with van der Waals surface area (Å²) in [6, 6.07) is 15.6. The highest BCUT2D eigenvalue weighted by molar-refractivity contribution is 5.92. The van der Waals surface area contributed by atoms with Gasteiger partial charge in [-0.25, -0.2) is 0 Å². The van der Waals surface area contributed by atoms with Crippen LogP contribution in [0.15, 0.2) is 48.5 Å². The fraction of sp³-hybridized carbons (Fsp3) is 0.480. The predicted octanol–water partition coefficient (Wildman–Crippen LogP) is 2.90. The van der Waals surface area contributed by atoms with Crippen LogP contribution in [-0.2, 0) is 11.2 Å². The van der Waals surface area contributed by atoms with Crippen molar-refractivity contribution in [3.63, 3.8) is 0 Å². The van der Waals surface area contributed by atoms with Crippen LogP contribution in [0.25, 0.3) is 0 Å². The molecule has 0 aromatic heterocycles. The molecule has 0 spiro atoms. The summed E-state index contributed by atoms with van der Waals surface area (Å²) in [7, 11) is 0. The van der Waals surface area contributed by atoms with Gasteiger partial charge in [-0.1, -0.05) is 30.3 Å². The first-order valence-electron chi connectivity index (χ1n) is 11.3. The summed E-state index contributed by atoms with van der Waals surface area (Å²) >= 11 is 0. The lowest BCUT2D eigenvalue weighted by Crippen LogP contribution is -2.36. The Balaban J connectivity index is 1.19. The van der Waals surface area contributed by atoms with E-state index in [9.17, 15) is 15.0 Å². The van der Waals surface area contributed by atoms with Crippen molar-refractivity contribution in [3.8, 4) is 5.75 Å². The van der Waals surface area contributed by atoms with Gasteiger partial charge in [0.15, 0.2) is 0 Å². The van der Waals surface area contributed by atoms with E-state index in [4.69, 9.17) is 4.74 Å². The third-order valence-electron chi connectivity index (χ3n) is 6.98. The zero-order valence-electron chi connectivity index (χ0n) is 17.7. The lowest BCUT2D eigenvalue weighted by atomic mass is 9.95. The van der Waals surface area contributed by atoms with Crippen molar-refractivity contribution < 1.29 is 19.7 Å². The van der Waals surface area contributed by atoms with Gasteiger partial charge < -0.3 is 20.3 Å². The second kappa shape index (κ2) is 8.26. The van der Waals surface area contributed by atoms with E-state index in [-0.39, 0.29) is 17.9 Å². The molecule has 0 radical (unpaired) electrons. The normalized spacial score (nSPS) is 29.0. The van der Waals surface area contributed by atoms with Crippen molar-refractivity contribution in [1.29, 1.82) is 0 Å². The van der Waals surface area contributed by atoms with Crippen LogP contribution in [0, 0.1) is 5.92 Å². The van der Waals surface area contributed by atoms with Gasteiger partial charge in [0.25, 0.3) is 0 Å². The molecule has 6 nitrogen and oxygen atoms in total. The highest BCUT2D eigenvalue weighted by atomic mass is 16.5. The van der Waals surface area contributed by atoms with Crippen molar-refractivity contribution in [3.05, 3.63) is 59.7 Å². The molecular formula is C25H30N2O4. The number of hydrogen-bond acceptors (Lipinski definition) is 5. The number of para-hydroxylation sites is 1. The minimum atomic E-state index is -0.753. The molecule has 1 unspecified atom stereocenters. The number of nitrogens with zero attached hydrogens (tertiary/aromatic N) is 1. The first-order chi connectivity index (χ1) is 15.0. The molecule has 5 rings (SSSR count). The van der Waals surface area contributed by atoms with Gasteiger partial charge in [-0.05, 0) is 48.6 Å². The average molecular weight is 423 g/mol. The van der Waals surface area contributed by atoms with Crippen LogP contribution >= 0.6 is 0 Å². The molecular weight excluding hydrogens is 392 g/mol. The van der Waals surface area contributed by atoms with E-state index < -0.39 is 11.7 Å². The fourth-order valence-corrected chi connectivity index (χ4v) is 5.45. The zero-order valence-corrected chi connectivity index (χ0v) is 17.7. The Kier molecular flexibility index (Phi) is 5.46. The Hall–Kier alpha value is -2.41. The van der Waals surface area contributed by atoms with E-state index >= 15 is 0 Å². The molecule has 0 bridgehead atoms. The van der Waals surface area contributed by atoms with Crippen LogP contribution in [0.5, 0.6) is 5.75 Å². The van der Waals surface area contributed by atoms with Gasteiger partial charge in [-0.3, -0.25) is 9.69 Å². The molecule has 1 aliphatic carbocycles. The largest absolute Gasteiger partial charge is 0.490 e. The van der Waals surface area contributed by atoms with E-state index in [0.717, 1.165) is 48.4 Å². The molecule has 6 heteroatoms. The number of anilines is 1. The maximum atomic E-state index is 11.7. The number of aliphatic hydroxyl groups excluding tert-OH is 1. The average Bonchev–Trinajstić information content (AvgIpc) is 3.10. The number of likely N-dealkylation sites (tertiary alicyclic amines) is 1. The number of rotatable bonds is 5. The summed E-state index contributed by atoms with van der Waals surface area (Å²) in [5.74, 6) is 1.07. The summed E-state index contributed by atoms with van der Waals surface area (Å²) < 4.78 is 6.08. The number of nitrogens with one attached hydrogen (secondary N) is 1. The molecule has 2 aliphatic heterocycles. The Morgan fingerprint density at radius 2 is 2.03 bits per heavy atom. The lowest BCUT2D eigenvalue weighted by Gasteiger charge is -2.25. The highest BCUT2D eigenvalue weighted by Crippen LogP contribution is 2.43. The third-order valence-corrected chi connectivity index (χ3v) is 6.98. The van der Waals surface area contributed by atoms with Gasteiger partial charge in [-0.15, -0.1) is 0 Å². The molecule has 2 aromatic rings. The lowest BCUT2D eigenvalue weighted by molar-refractivity contribution is -0.116. The molecule has 1 saturated carbocycles. The number of ether oxygens (including phenoxy) is 1. The second-order valence-electron chi connectivity index (χ2n) is 9.32. The quantitative estimate of drug-likeness (QED) is 0.690. The van der Waals surface area contributed by atoms with Crippen LogP contribution in [0.1, 0.15) is 42.9 Å². The van der Waals surface area contributed by atoms with Crippen LogP contribution < -0.4 is 10.1 Å². The molecule has 1 saturated heterocycles. The monoisotopic (exact) mass is 422 g/mol. The molecule has 2 aromatic carbocycles. The molecule has 2 heterocycles. The fourth-order valence-electron chi connectivity index (χ4n) is 5.45. The van der Waals surface area contributed by atoms with Crippen LogP contribution in [0.3, 0.4) is 0 Å². The van der Waals surface area contributed by atoms with E-state index in [1.807, 2.05) is 48.5 Å². The van der Waals surface area contributed by atoms with E-state index in [1.165, 1.54) is 0 Å². The summed E-state index contributed by atoms with van der Waals surface area (Å²) in [5.41, 5.74) is 2.05. The van der Waals surface area contributed by atoms with Gasteiger partial charge in [0.2, 0.25) is 5.91 Å². The minimum Gasteiger partial charge on any atom is -0.490 e. The molecule has 1 amide bonds. The van der Waals surface area contributed by atoms with Crippen molar-refractivity contribution in [2.75, 3.05) is 25.0 Å². The Morgan fingerprint density at radius 3 is 2.84 bits per heavy atom. The van der Waals surface area contributed by atoms with Crippen molar-refractivity contribution in [1.82, 2.24) is 4.90 Å².